The number of hydrogen-bond donors (Lipinski definition) is 0. The number of fused-ring (bicyclic) bond motifs is 4. The Balaban J connectivity index is 1.81. The van der Waals surface area contributed by atoms with Gasteiger partial charge in [-0.15, -0.1) is 0 Å². The molecular formula is C14H17IN2O. The Morgan fingerprint density at radius 3 is 2.39 bits per heavy atom. The van der Waals surface area contributed by atoms with Gasteiger partial charge in [0.15, 0.2) is 0 Å². The van der Waals surface area contributed by atoms with Gasteiger partial charge >= 0.3 is 0 Å². The number of carbonyl (C=O) groups is 1. The predicted molar refractivity (Wildman–Crippen MR) is 79.7 cm³/mol. The molecule has 0 N–H and O–H groups in total. The SMILES string of the molecule is O=C(c1ccc(I)cc1)N1CCN2CCC1CC2. The molecule has 4 heteroatoms. The van der Waals surface area contributed by atoms with Crippen molar-refractivity contribution in [1.29, 1.82) is 0 Å². The molecule has 4 rings (SSSR count). The highest BCUT2D eigenvalue weighted by atomic mass is 127. The first kappa shape index (κ1) is 12.4. The van der Waals surface area contributed by atoms with Crippen molar-refractivity contribution in [3.05, 3.63) is 33.4 Å². The fourth-order valence-electron chi connectivity index (χ4n) is 2.91. The van der Waals surface area contributed by atoms with Crippen LogP contribution in [0.4, 0.5) is 0 Å². The maximum absolute atomic E-state index is 12.6. The molecule has 96 valence electrons. The summed E-state index contributed by atoms with van der Waals surface area (Å²) >= 11 is 2.27. The molecule has 0 aliphatic carbocycles. The summed E-state index contributed by atoms with van der Waals surface area (Å²) in [5, 5.41) is 0. The van der Waals surface area contributed by atoms with Gasteiger partial charge < -0.3 is 9.80 Å². The first-order valence-corrected chi connectivity index (χ1v) is 7.61. The Bertz CT molecular complexity index is 438. The number of nitrogens with zero attached hydrogens (tertiary/aromatic N) is 2. The van der Waals surface area contributed by atoms with Crippen molar-refractivity contribution < 1.29 is 4.79 Å². The molecule has 3 aliphatic heterocycles. The summed E-state index contributed by atoms with van der Waals surface area (Å²) in [6.07, 6.45) is 2.27. The number of piperidine rings is 1. The number of rotatable bonds is 1. The average molecular weight is 356 g/mol. The molecule has 18 heavy (non-hydrogen) atoms. The second kappa shape index (κ2) is 5.17. The minimum Gasteiger partial charge on any atom is -0.334 e. The number of halogens is 1. The smallest absolute Gasteiger partial charge is 0.254 e. The molecule has 0 spiro atoms. The standard InChI is InChI=1S/C14H17IN2O/c15-12-3-1-11(2-4-12)14(18)17-10-9-16-7-5-13(17)6-8-16/h1-4,13H,5-10H2. The van der Waals surface area contributed by atoms with Crippen molar-refractivity contribution in [2.75, 3.05) is 26.2 Å². The summed E-state index contributed by atoms with van der Waals surface area (Å²) in [6, 6.07) is 8.36. The lowest BCUT2D eigenvalue weighted by Gasteiger charge is -2.31. The van der Waals surface area contributed by atoms with Gasteiger partial charge in [0.25, 0.3) is 5.91 Å². The molecule has 2 bridgehead atoms. The molecule has 3 aliphatic rings. The summed E-state index contributed by atoms with van der Waals surface area (Å²) in [6.45, 7) is 4.23. The molecule has 0 unspecified atom stereocenters. The van der Waals surface area contributed by atoms with E-state index in [9.17, 15) is 4.79 Å². The van der Waals surface area contributed by atoms with E-state index >= 15 is 0 Å². The van der Waals surface area contributed by atoms with Crippen molar-refractivity contribution in [2.45, 2.75) is 18.9 Å². The van der Waals surface area contributed by atoms with Gasteiger partial charge in [0.1, 0.15) is 0 Å². The quantitative estimate of drug-likeness (QED) is 0.721. The number of carbonyl (C=O) groups excluding carboxylic acids is 1. The maximum atomic E-state index is 12.6. The van der Waals surface area contributed by atoms with Gasteiger partial charge in [0.05, 0.1) is 0 Å². The fraction of sp³-hybridized carbons (Fsp3) is 0.500. The Kier molecular flexibility index (Phi) is 3.56. The molecule has 0 aromatic heterocycles. The molecule has 0 saturated carbocycles. The molecule has 1 amide bonds. The third-order valence-electron chi connectivity index (χ3n) is 4.01. The zero-order valence-corrected chi connectivity index (χ0v) is 12.5. The summed E-state index contributed by atoms with van der Waals surface area (Å²) in [4.78, 5) is 17.1. The van der Waals surface area contributed by atoms with Crippen LogP contribution in [-0.4, -0.2) is 47.9 Å². The maximum Gasteiger partial charge on any atom is 0.254 e. The average Bonchev–Trinajstić information content (AvgIpc) is 2.72. The van der Waals surface area contributed by atoms with Crippen molar-refractivity contribution in [3.8, 4) is 0 Å². The molecule has 3 nitrogen and oxygen atoms in total. The summed E-state index contributed by atoms with van der Waals surface area (Å²) in [5.41, 5.74) is 0.829. The molecule has 3 fully saturated rings. The molecule has 3 saturated heterocycles. The Hall–Kier alpha value is -0.620. The topological polar surface area (TPSA) is 23.6 Å². The summed E-state index contributed by atoms with van der Waals surface area (Å²) < 4.78 is 1.17. The van der Waals surface area contributed by atoms with Crippen LogP contribution < -0.4 is 0 Å². The van der Waals surface area contributed by atoms with E-state index in [1.165, 1.54) is 3.57 Å². The van der Waals surface area contributed by atoms with E-state index in [0.717, 1.165) is 44.6 Å². The van der Waals surface area contributed by atoms with Crippen LogP contribution in [0.15, 0.2) is 24.3 Å². The van der Waals surface area contributed by atoms with E-state index in [1.807, 2.05) is 24.3 Å². The molecule has 1 aromatic rings. The third-order valence-corrected chi connectivity index (χ3v) is 4.73. The van der Waals surface area contributed by atoms with Crippen LogP contribution in [0.25, 0.3) is 0 Å². The zero-order chi connectivity index (χ0) is 12.5. The Labute approximate surface area is 121 Å². The van der Waals surface area contributed by atoms with Crippen molar-refractivity contribution in [3.63, 3.8) is 0 Å². The van der Waals surface area contributed by atoms with E-state index in [1.54, 1.807) is 0 Å². The second-order valence-corrected chi connectivity index (χ2v) is 6.32. The number of benzene rings is 1. The largest absolute Gasteiger partial charge is 0.334 e. The zero-order valence-electron chi connectivity index (χ0n) is 10.3. The summed E-state index contributed by atoms with van der Waals surface area (Å²) in [5.74, 6) is 0.208. The normalized spacial score (nSPS) is 27.1. The lowest BCUT2D eigenvalue weighted by molar-refractivity contribution is 0.0685. The third kappa shape index (κ3) is 2.40. The van der Waals surface area contributed by atoms with E-state index in [-0.39, 0.29) is 5.91 Å². The van der Waals surface area contributed by atoms with Crippen LogP contribution in [0.5, 0.6) is 0 Å². The second-order valence-electron chi connectivity index (χ2n) is 5.08. The molecule has 0 atom stereocenters. The van der Waals surface area contributed by atoms with Gasteiger partial charge in [0, 0.05) is 41.4 Å². The van der Waals surface area contributed by atoms with Gasteiger partial charge in [-0.25, -0.2) is 0 Å². The van der Waals surface area contributed by atoms with Crippen molar-refractivity contribution in [1.82, 2.24) is 9.80 Å². The highest BCUT2D eigenvalue weighted by Gasteiger charge is 2.32. The van der Waals surface area contributed by atoms with Crippen LogP contribution >= 0.6 is 22.6 Å². The van der Waals surface area contributed by atoms with Gasteiger partial charge in [-0.2, -0.15) is 0 Å². The molecule has 0 radical (unpaired) electrons. The van der Waals surface area contributed by atoms with Crippen LogP contribution in [0, 0.1) is 3.57 Å². The Morgan fingerprint density at radius 1 is 1.06 bits per heavy atom. The van der Waals surface area contributed by atoms with E-state index in [0.29, 0.717) is 6.04 Å². The highest BCUT2D eigenvalue weighted by Crippen LogP contribution is 2.22. The number of amides is 1. The van der Waals surface area contributed by atoms with Crippen molar-refractivity contribution >= 4 is 28.5 Å². The van der Waals surface area contributed by atoms with E-state index in [2.05, 4.69) is 32.4 Å². The first-order chi connectivity index (χ1) is 8.74. The lowest BCUT2D eigenvalue weighted by atomic mass is 10.0. The van der Waals surface area contributed by atoms with Crippen LogP contribution in [0.2, 0.25) is 0 Å². The lowest BCUT2D eigenvalue weighted by Crippen LogP contribution is -2.41. The minimum absolute atomic E-state index is 0.208. The molecular weight excluding hydrogens is 339 g/mol. The number of hydrogen-bond acceptors (Lipinski definition) is 2. The van der Waals surface area contributed by atoms with Crippen LogP contribution in [0.1, 0.15) is 23.2 Å². The Morgan fingerprint density at radius 2 is 1.72 bits per heavy atom. The van der Waals surface area contributed by atoms with E-state index < -0.39 is 0 Å². The van der Waals surface area contributed by atoms with Gasteiger partial charge in [0.2, 0.25) is 0 Å². The van der Waals surface area contributed by atoms with E-state index in [4.69, 9.17) is 0 Å². The monoisotopic (exact) mass is 356 g/mol. The predicted octanol–water partition coefficient (Wildman–Crippen LogP) is 2.21. The highest BCUT2D eigenvalue weighted by molar-refractivity contribution is 14.1. The molecule has 1 aromatic carbocycles. The fourth-order valence-corrected chi connectivity index (χ4v) is 3.27. The molecule has 3 heterocycles. The van der Waals surface area contributed by atoms with Crippen LogP contribution in [0.3, 0.4) is 0 Å². The first-order valence-electron chi connectivity index (χ1n) is 6.53. The van der Waals surface area contributed by atoms with Crippen LogP contribution in [-0.2, 0) is 0 Å². The van der Waals surface area contributed by atoms with Crippen molar-refractivity contribution in [2.24, 2.45) is 0 Å². The summed E-state index contributed by atoms with van der Waals surface area (Å²) in [7, 11) is 0. The van der Waals surface area contributed by atoms with Gasteiger partial charge in [-0.1, -0.05) is 0 Å². The minimum atomic E-state index is 0.208. The van der Waals surface area contributed by atoms with Gasteiger partial charge in [-0.05, 0) is 59.7 Å². The van der Waals surface area contributed by atoms with Gasteiger partial charge in [-0.3, -0.25) is 4.79 Å².